The van der Waals surface area contributed by atoms with E-state index in [0.717, 1.165) is 35.1 Å². The third-order valence-corrected chi connectivity index (χ3v) is 5.81. The lowest BCUT2D eigenvalue weighted by atomic mass is 10.0. The van der Waals surface area contributed by atoms with Crippen LogP contribution in [0, 0.1) is 23.7 Å². The van der Waals surface area contributed by atoms with E-state index in [0.29, 0.717) is 0 Å². The summed E-state index contributed by atoms with van der Waals surface area (Å²) in [4.78, 5) is 0. The molecule has 0 atom stereocenters. The first-order valence-electron chi connectivity index (χ1n) is 12.1. The smallest absolute Gasteiger partial charge is 0.0281 e. The van der Waals surface area contributed by atoms with Gasteiger partial charge in [-0.05, 0) is 84.8 Å². The van der Waals surface area contributed by atoms with Crippen molar-refractivity contribution in [3.8, 4) is 23.7 Å². The molecule has 32 heavy (non-hydrogen) atoms. The van der Waals surface area contributed by atoms with Crippen molar-refractivity contribution in [3.05, 3.63) is 106 Å². The van der Waals surface area contributed by atoms with Crippen LogP contribution in [0.5, 0.6) is 0 Å². The highest BCUT2D eigenvalue weighted by Gasteiger charge is 2.00. The maximum atomic E-state index is 3.38. The zero-order valence-electron chi connectivity index (χ0n) is 19.8. The van der Waals surface area contributed by atoms with Crippen molar-refractivity contribution >= 4 is 0 Å². The molecule has 0 saturated carbocycles. The third kappa shape index (κ3) is 7.18. The van der Waals surface area contributed by atoms with Crippen LogP contribution in [0.2, 0.25) is 0 Å². The van der Waals surface area contributed by atoms with Crippen LogP contribution in [-0.2, 0) is 19.3 Å². The zero-order valence-corrected chi connectivity index (χ0v) is 19.8. The summed E-state index contributed by atoms with van der Waals surface area (Å²) < 4.78 is 0. The zero-order chi connectivity index (χ0) is 22.6. The fraction of sp³-hybridized carbons (Fsp3) is 0.312. The number of aryl methyl sites for hydroxylation is 3. The highest BCUT2D eigenvalue weighted by molar-refractivity contribution is 5.52. The van der Waals surface area contributed by atoms with Crippen molar-refractivity contribution in [2.45, 2.75) is 65.7 Å². The van der Waals surface area contributed by atoms with Gasteiger partial charge >= 0.3 is 0 Å². The SMILES string of the molecule is CCCCCCc1ccc(C#Cc2ccc(C#Cc3ccc(CC)cc3)cc2CC)cc1. The van der Waals surface area contributed by atoms with Gasteiger partial charge in [-0.2, -0.15) is 0 Å². The maximum Gasteiger partial charge on any atom is 0.0281 e. The standard InChI is InChI=1S/C32H34/c1-4-7-8-9-10-27-15-17-29(18-16-27)21-23-32-24-22-30(25-31(32)6-3)20-19-28-13-11-26(5-2)12-14-28/h11-18,22,24-25H,4-10H2,1-3H3. The molecule has 0 aromatic heterocycles. The van der Waals surface area contributed by atoms with Crippen molar-refractivity contribution in [1.82, 2.24) is 0 Å². The minimum absolute atomic E-state index is 0.946. The van der Waals surface area contributed by atoms with E-state index in [-0.39, 0.29) is 0 Å². The number of hydrogen-bond donors (Lipinski definition) is 0. The van der Waals surface area contributed by atoms with Crippen molar-refractivity contribution < 1.29 is 0 Å². The first-order valence-corrected chi connectivity index (χ1v) is 12.1. The lowest BCUT2D eigenvalue weighted by Crippen LogP contribution is -1.90. The molecule has 3 aromatic carbocycles. The van der Waals surface area contributed by atoms with Crippen LogP contribution in [0.25, 0.3) is 0 Å². The number of unbranched alkanes of at least 4 members (excludes halogenated alkanes) is 3. The van der Waals surface area contributed by atoms with Gasteiger partial charge in [0.2, 0.25) is 0 Å². The van der Waals surface area contributed by atoms with Crippen molar-refractivity contribution in [2.24, 2.45) is 0 Å². The molecule has 0 heterocycles. The Morgan fingerprint density at radius 1 is 0.531 bits per heavy atom. The Kier molecular flexibility index (Phi) is 9.22. The second-order valence-corrected chi connectivity index (χ2v) is 8.28. The van der Waals surface area contributed by atoms with E-state index in [1.165, 1.54) is 48.8 Å². The van der Waals surface area contributed by atoms with Gasteiger partial charge < -0.3 is 0 Å². The van der Waals surface area contributed by atoms with Gasteiger partial charge in [-0.1, -0.05) is 88.0 Å². The molecule has 0 amide bonds. The van der Waals surface area contributed by atoms with E-state index in [9.17, 15) is 0 Å². The lowest BCUT2D eigenvalue weighted by molar-refractivity contribution is 0.667. The van der Waals surface area contributed by atoms with Crippen LogP contribution in [0.3, 0.4) is 0 Å². The highest BCUT2D eigenvalue weighted by atomic mass is 14.0. The van der Waals surface area contributed by atoms with Gasteiger partial charge in [0, 0.05) is 22.3 Å². The molecule has 3 aromatic rings. The fourth-order valence-electron chi connectivity index (χ4n) is 3.70. The monoisotopic (exact) mass is 418 g/mol. The molecular weight excluding hydrogens is 384 g/mol. The molecule has 0 saturated heterocycles. The summed E-state index contributed by atoms with van der Waals surface area (Å²) in [7, 11) is 0. The van der Waals surface area contributed by atoms with Gasteiger partial charge in [-0.3, -0.25) is 0 Å². The van der Waals surface area contributed by atoms with E-state index < -0.39 is 0 Å². The number of benzene rings is 3. The van der Waals surface area contributed by atoms with E-state index in [1.54, 1.807) is 0 Å². The number of rotatable bonds is 7. The van der Waals surface area contributed by atoms with Crippen molar-refractivity contribution in [1.29, 1.82) is 0 Å². The molecule has 0 fully saturated rings. The van der Waals surface area contributed by atoms with Crippen LogP contribution >= 0.6 is 0 Å². The van der Waals surface area contributed by atoms with Crippen LogP contribution < -0.4 is 0 Å². The van der Waals surface area contributed by atoms with Gasteiger partial charge in [0.25, 0.3) is 0 Å². The predicted molar refractivity (Wildman–Crippen MR) is 138 cm³/mol. The fourth-order valence-corrected chi connectivity index (χ4v) is 3.70. The van der Waals surface area contributed by atoms with Gasteiger partial charge in [0.05, 0.1) is 0 Å². The molecule has 0 heteroatoms. The van der Waals surface area contributed by atoms with Gasteiger partial charge in [-0.25, -0.2) is 0 Å². The van der Waals surface area contributed by atoms with Crippen LogP contribution in [0.1, 0.15) is 85.4 Å². The normalized spacial score (nSPS) is 10.1. The molecule has 0 bridgehead atoms. The van der Waals surface area contributed by atoms with E-state index >= 15 is 0 Å². The molecule has 0 spiro atoms. The first kappa shape index (κ1) is 23.4. The molecule has 0 aliphatic carbocycles. The van der Waals surface area contributed by atoms with E-state index in [2.05, 4.69) is 111 Å². The Balaban J connectivity index is 1.68. The maximum absolute atomic E-state index is 3.38. The van der Waals surface area contributed by atoms with Crippen molar-refractivity contribution in [3.63, 3.8) is 0 Å². The first-order chi connectivity index (χ1) is 15.7. The molecule has 0 N–H and O–H groups in total. The predicted octanol–water partition coefficient (Wildman–Crippen LogP) is 7.73. The Morgan fingerprint density at radius 3 is 1.75 bits per heavy atom. The quantitative estimate of drug-likeness (QED) is 0.272. The van der Waals surface area contributed by atoms with E-state index in [1.807, 2.05) is 0 Å². The second kappa shape index (κ2) is 12.6. The van der Waals surface area contributed by atoms with E-state index in [4.69, 9.17) is 0 Å². The third-order valence-electron chi connectivity index (χ3n) is 5.81. The second-order valence-electron chi connectivity index (χ2n) is 8.28. The Hall–Kier alpha value is -3.22. The molecule has 0 aliphatic rings. The Bertz CT molecular complexity index is 1110. The van der Waals surface area contributed by atoms with Crippen LogP contribution in [-0.4, -0.2) is 0 Å². The average molecular weight is 419 g/mol. The largest absolute Gasteiger partial charge is 0.0654 e. The van der Waals surface area contributed by atoms with Gasteiger partial charge in [-0.15, -0.1) is 0 Å². The van der Waals surface area contributed by atoms with Crippen LogP contribution in [0.4, 0.5) is 0 Å². The summed E-state index contributed by atoms with van der Waals surface area (Å²) >= 11 is 0. The summed E-state index contributed by atoms with van der Waals surface area (Å²) in [6, 6.07) is 23.6. The molecule has 3 rings (SSSR count). The molecule has 0 unspecified atom stereocenters. The molecule has 162 valence electrons. The summed E-state index contributed by atoms with van der Waals surface area (Å²) in [6.07, 6.45) is 8.38. The summed E-state index contributed by atoms with van der Waals surface area (Å²) in [5.74, 6) is 13.3. The molecule has 0 aliphatic heterocycles. The van der Waals surface area contributed by atoms with Gasteiger partial charge in [0.15, 0.2) is 0 Å². The molecule has 0 nitrogen and oxygen atoms in total. The minimum Gasteiger partial charge on any atom is -0.0654 e. The Labute approximate surface area is 195 Å². The van der Waals surface area contributed by atoms with Gasteiger partial charge in [0.1, 0.15) is 0 Å². The van der Waals surface area contributed by atoms with Crippen molar-refractivity contribution in [2.75, 3.05) is 0 Å². The summed E-state index contributed by atoms with van der Waals surface area (Å²) in [5.41, 5.74) is 8.26. The number of hydrogen-bond acceptors (Lipinski definition) is 0. The topological polar surface area (TPSA) is 0 Å². The summed E-state index contributed by atoms with van der Waals surface area (Å²) in [6.45, 7) is 6.60. The molecule has 0 radical (unpaired) electrons. The average Bonchev–Trinajstić information content (AvgIpc) is 2.85. The highest BCUT2D eigenvalue weighted by Crippen LogP contribution is 2.13. The van der Waals surface area contributed by atoms with Crippen LogP contribution in [0.15, 0.2) is 66.7 Å². The minimum atomic E-state index is 0.946. The molecular formula is C32H34. The summed E-state index contributed by atoms with van der Waals surface area (Å²) in [5, 5.41) is 0. The lowest BCUT2D eigenvalue weighted by Gasteiger charge is -2.03. The Morgan fingerprint density at radius 2 is 1.12 bits per heavy atom.